The van der Waals surface area contributed by atoms with E-state index in [1.807, 2.05) is 0 Å². The second-order valence-corrected chi connectivity index (χ2v) is 4.83. The molecular formula is C14H11BrF2O2. The molecule has 0 atom stereocenters. The van der Waals surface area contributed by atoms with E-state index in [1.54, 1.807) is 18.2 Å². The maximum Gasteiger partial charge on any atom is 0.126 e. The number of hydrogen-bond acceptors (Lipinski definition) is 2. The summed E-state index contributed by atoms with van der Waals surface area (Å²) < 4.78 is 32.2. The van der Waals surface area contributed by atoms with Crippen LogP contribution in [-0.4, -0.2) is 5.11 Å². The van der Waals surface area contributed by atoms with E-state index in [0.29, 0.717) is 16.9 Å². The summed E-state index contributed by atoms with van der Waals surface area (Å²) in [4.78, 5) is 0. The molecular weight excluding hydrogens is 318 g/mol. The molecule has 0 aliphatic heterocycles. The highest BCUT2D eigenvalue weighted by Crippen LogP contribution is 2.23. The molecule has 2 rings (SSSR count). The van der Waals surface area contributed by atoms with Crippen LogP contribution >= 0.6 is 15.9 Å². The molecule has 2 aromatic carbocycles. The van der Waals surface area contributed by atoms with Gasteiger partial charge < -0.3 is 9.84 Å². The second kappa shape index (κ2) is 6.12. The molecule has 0 radical (unpaired) electrons. The first-order valence-corrected chi connectivity index (χ1v) is 6.35. The molecule has 2 aromatic rings. The zero-order valence-corrected chi connectivity index (χ0v) is 11.5. The van der Waals surface area contributed by atoms with Gasteiger partial charge in [0.2, 0.25) is 0 Å². The Morgan fingerprint density at radius 3 is 2.37 bits per heavy atom. The van der Waals surface area contributed by atoms with Crippen molar-refractivity contribution in [1.82, 2.24) is 0 Å². The Labute approximate surface area is 117 Å². The number of halogens is 3. The summed E-state index contributed by atoms with van der Waals surface area (Å²) in [7, 11) is 0. The van der Waals surface area contributed by atoms with Crippen LogP contribution in [0, 0.1) is 11.6 Å². The lowest BCUT2D eigenvalue weighted by molar-refractivity contribution is 0.277. The first kappa shape index (κ1) is 14.0. The number of aliphatic hydroxyl groups is 1. The highest BCUT2D eigenvalue weighted by molar-refractivity contribution is 9.10. The summed E-state index contributed by atoms with van der Waals surface area (Å²) in [5.41, 5.74) is 1.09. The quantitative estimate of drug-likeness (QED) is 0.925. The molecule has 1 N–H and O–H groups in total. The minimum absolute atomic E-state index is 0.0567. The lowest BCUT2D eigenvalue weighted by atomic mass is 10.2. The Kier molecular flexibility index (Phi) is 4.50. The number of benzene rings is 2. The van der Waals surface area contributed by atoms with Gasteiger partial charge in [0.1, 0.15) is 24.0 Å². The maximum absolute atomic E-state index is 13.0. The van der Waals surface area contributed by atoms with Crippen molar-refractivity contribution in [3.63, 3.8) is 0 Å². The topological polar surface area (TPSA) is 29.5 Å². The molecule has 0 saturated carbocycles. The largest absolute Gasteiger partial charge is 0.489 e. The third-order valence-corrected chi connectivity index (χ3v) is 3.29. The number of rotatable bonds is 4. The standard InChI is InChI=1S/C14H11BrF2O2/c15-14-2-1-13(5-10(14)7-18)19-8-9-3-11(16)6-12(17)4-9/h1-6,18H,7-8H2. The summed E-state index contributed by atoms with van der Waals surface area (Å²) in [6.07, 6.45) is 0. The van der Waals surface area contributed by atoms with Crippen LogP contribution in [0.1, 0.15) is 11.1 Å². The number of aliphatic hydroxyl groups excluding tert-OH is 1. The Bertz CT molecular complexity index is 567. The van der Waals surface area contributed by atoms with Crippen LogP contribution in [0.4, 0.5) is 8.78 Å². The van der Waals surface area contributed by atoms with E-state index in [9.17, 15) is 8.78 Å². The van der Waals surface area contributed by atoms with E-state index in [-0.39, 0.29) is 13.2 Å². The Morgan fingerprint density at radius 2 is 1.74 bits per heavy atom. The summed E-state index contributed by atoms with van der Waals surface area (Å²) in [5, 5.41) is 9.12. The fourth-order valence-corrected chi connectivity index (χ4v) is 2.00. The molecule has 0 aliphatic carbocycles. The highest BCUT2D eigenvalue weighted by atomic mass is 79.9. The Balaban J connectivity index is 2.10. The van der Waals surface area contributed by atoms with Crippen molar-refractivity contribution in [2.45, 2.75) is 13.2 Å². The fourth-order valence-electron chi connectivity index (χ4n) is 1.62. The van der Waals surface area contributed by atoms with Gasteiger partial charge in [0, 0.05) is 10.5 Å². The van der Waals surface area contributed by atoms with E-state index >= 15 is 0 Å². The smallest absolute Gasteiger partial charge is 0.126 e. The van der Waals surface area contributed by atoms with Gasteiger partial charge in [-0.15, -0.1) is 0 Å². The van der Waals surface area contributed by atoms with Crippen molar-refractivity contribution in [3.05, 3.63) is 63.6 Å². The van der Waals surface area contributed by atoms with Gasteiger partial charge in [-0.1, -0.05) is 15.9 Å². The zero-order chi connectivity index (χ0) is 13.8. The third-order valence-electron chi connectivity index (χ3n) is 2.52. The van der Waals surface area contributed by atoms with Crippen molar-refractivity contribution in [1.29, 1.82) is 0 Å². The third kappa shape index (κ3) is 3.75. The van der Waals surface area contributed by atoms with Crippen LogP contribution in [0.2, 0.25) is 0 Å². The Morgan fingerprint density at radius 1 is 1.05 bits per heavy atom. The summed E-state index contributed by atoms with van der Waals surface area (Å²) >= 11 is 3.29. The predicted octanol–water partition coefficient (Wildman–Crippen LogP) is 3.80. The number of hydrogen-bond donors (Lipinski definition) is 1. The molecule has 0 amide bonds. The lowest BCUT2D eigenvalue weighted by Gasteiger charge is -2.09. The van der Waals surface area contributed by atoms with Crippen molar-refractivity contribution in [3.8, 4) is 5.75 Å². The van der Waals surface area contributed by atoms with E-state index in [0.717, 1.165) is 10.5 Å². The van der Waals surface area contributed by atoms with Crippen molar-refractivity contribution < 1.29 is 18.6 Å². The minimum Gasteiger partial charge on any atom is -0.489 e. The van der Waals surface area contributed by atoms with Crippen LogP contribution in [0.5, 0.6) is 5.75 Å². The van der Waals surface area contributed by atoms with Crippen molar-refractivity contribution >= 4 is 15.9 Å². The van der Waals surface area contributed by atoms with Crippen LogP contribution in [-0.2, 0) is 13.2 Å². The van der Waals surface area contributed by atoms with Crippen LogP contribution in [0.3, 0.4) is 0 Å². The molecule has 19 heavy (non-hydrogen) atoms. The van der Waals surface area contributed by atoms with Crippen LogP contribution in [0.15, 0.2) is 40.9 Å². The molecule has 0 spiro atoms. The lowest BCUT2D eigenvalue weighted by Crippen LogP contribution is -1.98. The van der Waals surface area contributed by atoms with E-state index in [4.69, 9.17) is 9.84 Å². The maximum atomic E-state index is 13.0. The first-order chi connectivity index (χ1) is 9.08. The second-order valence-electron chi connectivity index (χ2n) is 3.98. The van der Waals surface area contributed by atoms with Gasteiger partial charge in [-0.2, -0.15) is 0 Å². The molecule has 0 fully saturated rings. The van der Waals surface area contributed by atoms with E-state index in [1.165, 1.54) is 12.1 Å². The van der Waals surface area contributed by atoms with Gasteiger partial charge in [-0.05, 0) is 41.5 Å². The molecule has 0 heterocycles. The van der Waals surface area contributed by atoms with Gasteiger partial charge in [0.25, 0.3) is 0 Å². The van der Waals surface area contributed by atoms with Crippen LogP contribution < -0.4 is 4.74 Å². The van der Waals surface area contributed by atoms with E-state index in [2.05, 4.69) is 15.9 Å². The fraction of sp³-hybridized carbons (Fsp3) is 0.143. The summed E-state index contributed by atoms with van der Waals surface area (Å²) in [5.74, 6) is -0.743. The number of ether oxygens (including phenoxy) is 1. The van der Waals surface area contributed by atoms with Crippen molar-refractivity contribution in [2.24, 2.45) is 0 Å². The predicted molar refractivity (Wildman–Crippen MR) is 70.8 cm³/mol. The molecule has 5 heteroatoms. The Hall–Kier alpha value is -1.46. The average Bonchev–Trinajstić information content (AvgIpc) is 2.36. The minimum atomic E-state index is -0.634. The molecule has 2 nitrogen and oxygen atoms in total. The van der Waals surface area contributed by atoms with Gasteiger partial charge in [0.05, 0.1) is 6.61 Å². The zero-order valence-electron chi connectivity index (χ0n) is 9.87. The molecule has 0 aromatic heterocycles. The molecule has 100 valence electrons. The summed E-state index contributed by atoms with van der Waals surface area (Å²) in [6, 6.07) is 8.36. The summed E-state index contributed by atoms with van der Waals surface area (Å²) in [6.45, 7) is -0.0619. The van der Waals surface area contributed by atoms with Crippen molar-refractivity contribution in [2.75, 3.05) is 0 Å². The van der Waals surface area contributed by atoms with E-state index < -0.39 is 11.6 Å². The normalized spacial score (nSPS) is 10.5. The highest BCUT2D eigenvalue weighted by Gasteiger charge is 2.04. The monoisotopic (exact) mass is 328 g/mol. The molecule has 0 unspecified atom stereocenters. The van der Waals surface area contributed by atoms with Gasteiger partial charge in [-0.3, -0.25) is 0 Å². The molecule has 0 saturated heterocycles. The van der Waals surface area contributed by atoms with Gasteiger partial charge in [0.15, 0.2) is 0 Å². The van der Waals surface area contributed by atoms with Gasteiger partial charge in [-0.25, -0.2) is 8.78 Å². The molecule has 0 bridgehead atoms. The first-order valence-electron chi connectivity index (χ1n) is 5.55. The van der Waals surface area contributed by atoms with Crippen LogP contribution in [0.25, 0.3) is 0 Å². The SMILES string of the molecule is OCc1cc(OCc2cc(F)cc(F)c2)ccc1Br. The average molecular weight is 329 g/mol. The van der Waals surface area contributed by atoms with Gasteiger partial charge >= 0.3 is 0 Å². The molecule has 0 aliphatic rings.